The van der Waals surface area contributed by atoms with E-state index in [9.17, 15) is 85.6 Å². The first kappa shape index (κ1) is 71.4. The first-order valence-corrected chi connectivity index (χ1v) is 30.5. The van der Waals surface area contributed by atoms with E-state index >= 15 is 9.59 Å². The molecule has 4 fully saturated rings. The maximum absolute atomic E-state index is 15.3. The Bertz CT molecular complexity index is 2970. The summed E-state index contributed by atoms with van der Waals surface area (Å²) in [5.41, 5.74) is 18.7. The third-order valence-electron chi connectivity index (χ3n) is 16.6. The number of aliphatic imine (C=N–C) groups is 2. The monoisotopic (exact) mass is 1330 g/mol. The number of hydrogen-bond donors (Lipinski definition) is 20. The number of carbonyl (C=O) groups is 6. The van der Waals surface area contributed by atoms with Crippen LogP contribution in [-0.2, 0) is 58.9 Å². The van der Waals surface area contributed by atoms with Gasteiger partial charge in [0.1, 0.15) is 109 Å². The van der Waals surface area contributed by atoms with E-state index in [4.69, 9.17) is 45.6 Å². The summed E-state index contributed by atoms with van der Waals surface area (Å²) in [7, 11) is 0. The van der Waals surface area contributed by atoms with Gasteiger partial charge in [-0.1, -0.05) is 32.9 Å². The van der Waals surface area contributed by atoms with Crippen LogP contribution in [0.25, 0.3) is 10.4 Å². The number of amides is 5. The quantitative estimate of drug-likeness (QED) is 0.0516. The predicted octanol–water partition coefficient (Wildman–Crippen LogP) is -10.7. The Balaban J connectivity index is 1.11. The van der Waals surface area contributed by atoms with Gasteiger partial charge in [0.05, 0.1) is 57.6 Å². The summed E-state index contributed by atoms with van der Waals surface area (Å²) >= 11 is 1.15. The standard InChI is InChI=1S/C55H81N11O25S/c1-4-22(56)49(84)65-25(12-20-7-8-27(21(11-20)31-6-5-9-92-31)87-52-42(79)40(77)44(30(18-70)89-52)91-53-43(80)45(38(75)29(17-69)88-53)90-32(71)10-19(2)3)46(81)63-33(35(72)23-13-59-54(57)62-23)48(83)64-34(47(82)61-24(15-67)50(65)85)36(73)26-14-60-55(58)66(26)51-41(78)39(76)37(74)28(16-68)86-51/h5-9,11,19,22-26,28-30,33-45,51-53,67-70,72-80H,4,10,12-18,56H2,1-3H3,(H2,58,60)(H,61,82)(H,63,81)(H,64,83)(H3,57,59,62)/t22?,23?,24-,25-,26?,28+,29+,30+,33-,34+,35?,36?,37+,38+,39-,40+,41-,42-,43-,44+,45-,51-,52-,53+/m0/s1. The molecule has 512 valence electrons. The minimum Gasteiger partial charge on any atom is -0.461 e. The van der Waals surface area contributed by atoms with Crippen LogP contribution in [0.3, 0.4) is 0 Å². The number of rotatable bonds is 21. The van der Waals surface area contributed by atoms with Crippen molar-refractivity contribution >= 4 is 58.8 Å². The zero-order valence-electron chi connectivity index (χ0n) is 49.9. The Morgan fingerprint density at radius 2 is 1.38 bits per heavy atom. The Labute approximate surface area is 528 Å². The predicted molar refractivity (Wildman–Crippen MR) is 312 cm³/mol. The highest BCUT2D eigenvalue weighted by atomic mass is 32.1. The average molecular weight is 1330 g/mol. The maximum Gasteiger partial charge on any atom is 0.306 e. The van der Waals surface area contributed by atoms with Crippen LogP contribution in [0.2, 0.25) is 0 Å². The Morgan fingerprint density at radius 1 is 0.728 bits per heavy atom. The van der Waals surface area contributed by atoms with Gasteiger partial charge in [0, 0.05) is 23.3 Å². The van der Waals surface area contributed by atoms with E-state index in [0.717, 1.165) is 16.2 Å². The van der Waals surface area contributed by atoms with Crippen molar-refractivity contribution in [3.63, 3.8) is 0 Å². The van der Waals surface area contributed by atoms with Crippen molar-refractivity contribution in [2.24, 2.45) is 33.1 Å². The number of esters is 1. The fraction of sp³-hybridized carbons (Fsp3) is 0.673. The fourth-order valence-corrected chi connectivity index (χ4v) is 12.2. The van der Waals surface area contributed by atoms with Crippen LogP contribution >= 0.6 is 11.3 Å². The van der Waals surface area contributed by atoms with Gasteiger partial charge in [0.25, 0.3) is 5.91 Å². The molecule has 7 heterocycles. The van der Waals surface area contributed by atoms with E-state index in [1.807, 2.05) is 0 Å². The van der Waals surface area contributed by atoms with E-state index in [0.29, 0.717) is 9.78 Å². The van der Waals surface area contributed by atoms with E-state index in [1.54, 1.807) is 31.4 Å². The lowest BCUT2D eigenvalue weighted by Gasteiger charge is -2.46. The second kappa shape index (κ2) is 30.8. The molecule has 23 N–H and O–H groups in total. The molecule has 5 unspecified atom stereocenters. The molecule has 36 nitrogen and oxygen atoms in total. The van der Waals surface area contributed by atoms with Crippen LogP contribution in [0.4, 0.5) is 0 Å². The van der Waals surface area contributed by atoms with Crippen molar-refractivity contribution in [3.05, 3.63) is 41.3 Å². The first-order chi connectivity index (χ1) is 43.7. The van der Waals surface area contributed by atoms with Crippen molar-refractivity contribution < 1.29 is 124 Å². The summed E-state index contributed by atoms with van der Waals surface area (Å²) in [5.74, 6) is -8.60. The highest BCUT2D eigenvalue weighted by molar-refractivity contribution is 7.13. The third kappa shape index (κ3) is 15.2. The molecule has 1 aromatic carbocycles. The van der Waals surface area contributed by atoms with E-state index in [2.05, 4.69) is 31.3 Å². The number of imide groups is 1. The number of nitrogens with zero attached hydrogens (tertiary/aromatic N) is 4. The number of nitrogens with two attached hydrogens (primary N) is 3. The van der Waals surface area contributed by atoms with E-state index < -0.39 is 227 Å². The molecule has 6 aliphatic rings. The minimum atomic E-state index is -2.29. The minimum absolute atomic E-state index is 0.0890. The summed E-state index contributed by atoms with van der Waals surface area (Å²) in [6, 6.07) is -5.84. The van der Waals surface area contributed by atoms with Crippen molar-refractivity contribution in [3.8, 4) is 16.2 Å². The number of aliphatic hydroxyl groups excluding tert-OH is 13. The lowest BCUT2D eigenvalue weighted by atomic mass is 9.94. The smallest absolute Gasteiger partial charge is 0.306 e. The van der Waals surface area contributed by atoms with Crippen molar-refractivity contribution in [1.82, 2.24) is 31.1 Å². The van der Waals surface area contributed by atoms with Gasteiger partial charge < -0.3 is 138 Å². The molecule has 1 aromatic heterocycles. The van der Waals surface area contributed by atoms with Crippen molar-refractivity contribution in [2.45, 2.75) is 187 Å². The molecule has 6 aliphatic heterocycles. The van der Waals surface area contributed by atoms with Crippen molar-refractivity contribution in [1.29, 1.82) is 0 Å². The van der Waals surface area contributed by atoms with Crippen molar-refractivity contribution in [2.75, 3.05) is 39.5 Å². The molecule has 0 spiro atoms. The number of guanidine groups is 2. The van der Waals surface area contributed by atoms with Gasteiger partial charge in [-0.3, -0.25) is 43.7 Å². The van der Waals surface area contributed by atoms with Gasteiger partial charge in [-0.25, -0.2) is 0 Å². The van der Waals surface area contributed by atoms with Gasteiger partial charge >= 0.3 is 5.97 Å². The van der Waals surface area contributed by atoms with E-state index in [1.165, 1.54) is 25.1 Å². The molecular formula is C55H81N11O25S. The van der Waals surface area contributed by atoms with E-state index in [-0.39, 0.29) is 48.1 Å². The Kier molecular flexibility index (Phi) is 23.9. The van der Waals surface area contributed by atoms with Crippen LogP contribution in [0.1, 0.15) is 39.2 Å². The van der Waals surface area contributed by atoms with Crippen LogP contribution in [0.15, 0.2) is 45.7 Å². The highest BCUT2D eigenvalue weighted by Gasteiger charge is 2.55. The van der Waals surface area contributed by atoms with Gasteiger partial charge in [0.2, 0.25) is 29.9 Å². The molecule has 0 aliphatic carbocycles. The largest absolute Gasteiger partial charge is 0.461 e. The number of hydrogen-bond acceptors (Lipinski definition) is 33. The molecule has 92 heavy (non-hydrogen) atoms. The van der Waals surface area contributed by atoms with Crippen LogP contribution in [0.5, 0.6) is 5.75 Å². The molecule has 4 saturated heterocycles. The maximum atomic E-state index is 15.3. The molecule has 37 heteroatoms. The number of thiophene rings is 1. The first-order valence-electron chi connectivity index (χ1n) is 29.6. The van der Waals surface area contributed by atoms with Gasteiger partial charge in [-0.05, 0) is 41.5 Å². The zero-order valence-corrected chi connectivity index (χ0v) is 50.7. The number of nitrogens with one attached hydrogen (secondary N) is 4. The summed E-state index contributed by atoms with van der Waals surface area (Å²) in [6.45, 7) is 0.129. The summed E-state index contributed by atoms with van der Waals surface area (Å²) in [4.78, 5) is 97.2. The van der Waals surface area contributed by atoms with Crippen LogP contribution < -0.4 is 43.2 Å². The third-order valence-corrected chi connectivity index (χ3v) is 17.5. The van der Waals surface area contributed by atoms with Crippen LogP contribution in [-0.4, -0.2) is 310 Å². The zero-order chi connectivity index (χ0) is 67.3. The second-order valence-electron chi connectivity index (χ2n) is 23.3. The second-order valence-corrected chi connectivity index (χ2v) is 24.3. The normalized spacial score (nSPS) is 35.9. The highest BCUT2D eigenvalue weighted by Crippen LogP contribution is 2.38. The topological polar surface area (TPSA) is 578 Å². The molecule has 8 rings (SSSR count). The van der Waals surface area contributed by atoms with Gasteiger partial charge in [-0.15, -0.1) is 11.3 Å². The molecule has 24 atom stereocenters. The number of aliphatic hydroxyl groups is 13. The number of ether oxygens (including phenoxy) is 6. The molecule has 2 aromatic rings. The summed E-state index contributed by atoms with van der Waals surface area (Å²) in [5, 5.41) is 155. The molecule has 0 radical (unpaired) electrons. The fourth-order valence-electron chi connectivity index (χ4n) is 11.4. The molecule has 0 bridgehead atoms. The average Bonchev–Trinajstić information content (AvgIpc) is 1.34. The summed E-state index contributed by atoms with van der Waals surface area (Å²) < 4.78 is 34.7. The number of carbonyl (C=O) groups excluding carboxylic acids is 6. The van der Waals surface area contributed by atoms with Crippen LogP contribution in [0, 0.1) is 5.92 Å². The SMILES string of the molecule is CCC(N)C(=O)N1C(=O)[C@H](CO)NC(=O)[C@@H](C(O)C2CN=C(N)N2[C@H]2O[C@H](CO)[C@@H](O)[C@H](O)[C@@H]2O)NC(=O)[C@H](C(O)C2CN=C(N)N2)NC(=O)[C@@H]1Cc1ccc(O[C@H]2O[C@H](CO)[C@@H](O[C@H]3O[C@H](CO)[C@@H](O)[C@H](OC(=O)CC(C)C)[C@@H]3O)[C@H](O)[C@@H]2O)c(-c2cccs2)c1. The van der Waals surface area contributed by atoms with Gasteiger partial charge in [0.15, 0.2) is 30.5 Å². The lowest BCUT2D eigenvalue weighted by Crippen LogP contribution is -2.71. The Morgan fingerprint density at radius 3 is 2.00 bits per heavy atom. The van der Waals surface area contributed by atoms with Gasteiger partial charge in [-0.2, -0.15) is 0 Å². The molecule has 0 saturated carbocycles. The molecular weight excluding hydrogens is 1250 g/mol. The Hall–Kier alpha value is -6.44. The molecule has 5 amide bonds. The summed E-state index contributed by atoms with van der Waals surface area (Å²) in [6.07, 6.45) is -32.3. The number of benzene rings is 1. The lowest BCUT2D eigenvalue weighted by molar-refractivity contribution is -0.353.